The van der Waals surface area contributed by atoms with Gasteiger partial charge < -0.3 is 5.32 Å². The second kappa shape index (κ2) is 8.10. The number of hydrogen-bond acceptors (Lipinski definition) is 1. The first kappa shape index (κ1) is 13.8. The predicted molar refractivity (Wildman–Crippen MR) is 69.8 cm³/mol. The van der Waals surface area contributed by atoms with Crippen LogP contribution in [0.4, 0.5) is 0 Å². The highest BCUT2D eigenvalue weighted by Crippen LogP contribution is 2.15. The molecule has 0 saturated carbocycles. The van der Waals surface area contributed by atoms with Gasteiger partial charge in [0.1, 0.15) is 0 Å². The minimum atomic E-state index is 1.05. The molecule has 0 aromatic heterocycles. The monoisotopic (exact) mass is 205 g/mol. The van der Waals surface area contributed by atoms with Gasteiger partial charge in [0.25, 0.3) is 0 Å². The zero-order valence-electron chi connectivity index (χ0n) is 10.4. The summed E-state index contributed by atoms with van der Waals surface area (Å²) in [6, 6.07) is 0. The summed E-state index contributed by atoms with van der Waals surface area (Å²) in [7, 11) is 1.94. The lowest BCUT2D eigenvalue weighted by Gasteiger charge is -2.09. The first-order valence-corrected chi connectivity index (χ1v) is 5.59. The fourth-order valence-electron chi connectivity index (χ4n) is 1.44. The van der Waals surface area contributed by atoms with E-state index >= 15 is 0 Å². The van der Waals surface area contributed by atoms with Crippen molar-refractivity contribution in [3.8, 4) is 0 Å². The molecule has 0 rings (SSSR count). The molecule has 0 fully saturated rings. The Morgan fingerprint density at radius 3 is 2.33 bits per heavy atom. The van der Waals surface area contributed by atoms with Crippen molar-refractivity contribution in [1.29, 1.82) is 0 Å². The van der Waals surface area contributed by atoms with Crippen LogP contribution >= 0.6 is 0 Å². The van der Waals surface area contributed by atoms with E-state index in [1.54, 1.807) is 0 Å². The summed E-state index contributed by atoms with van der Waals surface area (Å²) < 4.78 is 0. The molecule has 1 N–H and O–H groups in total. The van der Waals surface area contributed by atoms with Gasteiger partial charge in [-0.1, -0.05) is 38.7 Å². The van der Waals surface area contributed by atoms with E-state index in [9.17, 15) is 0 Å². The second-order valence-electron chi connectivity index (χ2n) is 3.39. The van der Waals surface area contributed by atoms with E-state index in [0.29, 0.717) is 0 Å². The maximum Gasteiger partial charge on any atom is 0.0410 e. The highest BCUT2D eigenvalue weighted by molar-refractivity contribution is 5.44. The molecule has 0 heterocycles. The topological polar surface area (TPSA) is 12.0 Å². The van der Waals surface area contributed by atoms with Crippen molar-refractivity contribution >= 4 is 0 Å². The van der Waals surface area contributed by atoms with Crippen LogP contribution in [-0.4, -0.2) is 7.05 Å². The maximum absolute atomic E-state index is 3.87. The molecule has 0 bridgehead atoms. The van der Waals surface area contributed by atoms with Crippen molar-refractivity contribution in [2.45, 2.75) is 33.6 Å². The summed E-state index contributed by atoms with van der Waals surface area (Å²) in [6.45, 7) is 10.3. The highest BCUT2D eigenvalue weighted by Gasteiger charge is 2.00. The lowest BCUT2D eigenvalue weighted by Crippen LogP contribution is -2.07. The van der Waals surface area contributed by atoms with Crippen molar-refractivity contribution < 1.29 is 0 Å². The normalized spacial score (nSPS) is 14.0. The number of allylic oxidation sites excluding steroid dienone is 6. The van der Waals surface area contributed by atoms with Gasteiger partial charge in [-0.05, 0) is 37.0 Å². The molecular formula is C14H23N. The van der Waals surface area contributed by atoms with Crippen LogP contribution in [0.2, 0.25) is 0 Å². The molecule has 0 aliphatic rings. The van der Waals surface area contributed by atoms with Gasteiger partial charge in [0.05, 0.1) is 0 Å². The third-order valence-corrected chi connectivity index (χ3v) is 2.22. The summed E-state index contributed by atoms with van der Waals surface area (Å²) in [5, 5.41) is 3.21. The number of nitrogens with one attached hydrogen (secondary N) is 1. The van der Waals surface area contributed by atoms with E-state index in [2.05, 4.69) is 50.9 Å². The Morgan fingerprint density at radius 2 is 1.93 bits per heavy atom. The molecule has 0 spiro atoms. The third kappa shape index (κ3) is 4.68. The molecule has 0 amide bonds. The Hall–Kier alpha value is -1.24. The molecule has 1 nitrogen and oxygen atoms in total. The van der Waals surface area contributed by atoms with Crippen LogP contribution in [0.5, 0.6) is 0 Å². The van der Waals surface area contributed by atoms with Crippen LogP contribution in [0.1, 0.15) is 33.6 Å². The third-order valence-electron chi connectivity index (χ3n) is 2.22. The molecule has 0 aromatic carbocycles. The lowest BCUT2D eigenvalue weighted by molar-refractivity contribution is 1.01. The van der Waals surface area contributed by atoms with E-state index in [-0.39, 0.29) is 0 Å². The largest absolute Gasteiger partial charge is 0.388 e. The Bertz CT molecular complexity index is 280. The Balaban J connectivity index is 5.15. The lowest BCUT2D eigenvalue weighted by atomic mass is 10.0. The Morgan fingerprint density at radius 1 is 1.27 bits per heavy atom. The summed E-state index contributed by atoms with van der Waals surface area (Å²) >= 11 is 0. The van der Waals surface area contributed by atoms with Gasteiger partial charge in [0.15, 0.2) is 0 Å². The molecule has 0 unspecified atom stereocenters. The molecule has 0 saturated heterocycles. The average molecular weight is 205 g/mol. The quantitative estimate of drug-likeness (QED) is 0.647. The zero-order chi connectivity index (χ0) is 11.7. The molecule has 84 valence electrons. The molecular weight excluding hydrogens is 182 g/mol. The number of rotatable bonds is 6. The van der Waals surface area contributed by atoms with Crippen molar-refractivity contribution in [3.05, 3.63) is 47.7 Å². The van der Waals surface area contributed by atoms with Crippen LogP contribution in [-0.2, 0) is 0 Å². The van der Waals surface area contributed by atoms with Crippen molar-refractivity contribution in [1.82, 2.24) is 5.32 Å². The van der Waals surface area contributed by atoms with Gasteiger partial charge in [0, 0.05) is 12.7 Å². The van der Waals surface area contributed by atoms with E-state index < -0.39 is 0 Å². The van der Waals surface area contributed by atoms with Crippen LogP contribution in [0.3, 0.4) is 0 Å². The van der Waals surface area contributed by atoms with Crippen molar-refractivity contribution in [2.75, 3.05) is 7.05 Å². The standard InChI is InChI=1S/C14H23N/c1-6-9-11-14(15-5)13(8-3)12(4)10-7-2/h8-11,15H,3,6-7H2,1-2,4-5H3/b11-9-,12-10-,14-13-. The van der Waals surface area contributed by atoms with Gasteiger partial charge in [-0.3, -0.25) is 0 Å². The predicted octanol–water partition coefficient (Wildman–Crippen LogP) is 3.97. The van der Waals surface area contributed by atoms with Crippen LogP contribution < -0.4 is 5.32 Å². The minimum absolute atomic E-state index is 1.05. The fraction of sp³-hybridized carbons (Fsp3) is 0.429. The molecule has 0 radical (unpaired) electrons. The molecule has 0 atom stereocenters. The maximum atomic E-state index is 3.87. The zero-order valence-corrected chi connectivity index (χ0v) is 10.4. The second-order valence-corrected chi connectivity index (χ2v) is 3.39. The van der Waals surface area contributed by atoms with E-state index in [1.165, 1.54) is 11.1 Å². The van der Waals surface area contributed by atoms with E-state index in [0.717, 1.165) is 18.5 Å². The summed E-state index contributed by atoms with van der Waals surface area (Å²) in [5.74, 6) is 0. The molecule has 0 aliphatic carbocycles. The van der Waals surface area contributed by atoms with Gasteiger partial charge in [-0.2, -0.15) is 0 Å². The van der Waals surface area contributed by atoms with Gasteiger partial charge in [-0.25, -0.2) is 0 Å². The van der Waals surface area contributed by atoms with Gasteiger partial charge in [-0.15, -0.1) is 0 Å². The van der Waals surface area contributed by atoms with Crippen LogP contribution in [0.15, 0.2) is 47.7 Å². The SMILES string of the molecule is C=CC(/C(C)=C\CC)=C(\C=C/CC)NC. The minimum Gasteiger partial charge on any atom is -0.388 e. The Labute approximate surface area is 94.3 Å². The van der Waals surface area contributed by atoms with Gasteiger partial charge in [0.2, 0.25) is 0 Å². The molecule has 0 aromatic rings. The van der Waals surface area contributed by atoms with E-state index in [1.807, 2.05) is 13.1 Å². The smallest absolute Gasteiger partial charge is 0.0410 e. The number of hydrogen-bond donors (Lipinski definition) is 1. The average Bonchev–Trinajstić information content (AvgIpc) is 2.24. The van der Waals surface area contributed by atoms with Crippen molar-refractivity contribution in [2.24, 2.45) is 0 Å². The summed E-state index contributed by atoms with van der Waals surface area (Å²) in [5.41, 5.74) is 3.59. The molecule has 15 heavy (non-hydrogen) atoms. The van der Waals surface area contributed by atoms with Crippen molar-refractivity contribution in [3.63, 3.8) is 0 Å². The van der Waals surface area contributed by atoms with Gasteiger partial charge >= 0.3 is 0 Å². The first-order chi connectivity index (χ1) is 7.21. The van der Waals surface area contributed by atoms with E-state index in [4.69, 9.17) is 0 Å². The van der Waals surface area contributed by atoms with Crippen LogP contribution in [0, 0.1) is 0 Å². The fourth-order valence-corrected chi connectivity index (χ4v) is 1.44. The Kier molecular flexibility index (Phi) is 7.43. The first-order valence-electron chi connectivity index (χ1n) is 5.59. The molecule has 0 aliphatic heterocycles. The van der Waals surface area contributed by atoms with Crippen LogP contribution in [0.25, 0.3) is 0 Å². The summed E-state index contributed by atoms with van der Waals surface area (Å²) in [6.07, 6.45) is 10.5. The highest BCUT2D eigenvalue weighted by atomic mass is 14.8. The summed E-state index contributed by atoms with van der Waals surface area (Å²) in [4.78, 5) is 0. The molecule has 1 heteroatoms. The number of likely N-dealkylation sites (N-methyl/N-ethyl adjacent to an activating group) is 1.